The van der Waals surface area contributed by atoms with E-state index in [1.54, 1.807) is 19.2 Å². The van der Waals surface area contributed by atoms with Crippen molar-refractivity contribution in [1.82, 2.24) is 20.0 Å². The third-order valence-electron chi connectivity index (χ3n) is 4.55. The first kappa shape index (κ1) is 24.6. The highest BCUT2D eigenvalue weighted by atomic mass is 127. The number of imidazole rings is 1. The van der Waals surface area contributed by atoms with Gasteiger partial charge in [-0.25, -0.2) is 4.98 Å². The predicted octanol–water partition coefficient (Wildman–Crippen LogP) is 3.78. The molecule has 2 heterocycles. The van der Waals surface area contributed by atoms with Gasteiger partial charge >= 0.3 is 6.61 Å². The van der Waals surface area contributed by atoms with E-state index in [4.69, 9.17) is 4.74 Å². The number of guanidine groups is 1. The Hall–Kier alpha value is -2.63. The average Bonchev–Trinajstić information content (AvgIpc) is 3.15. The quantitative estimate of drug-likeness (QED) is 0.256. The van der Waals surface area contributed by atoms with E-state index in [9.17, 15) is 8.78 Å². The second-order valence-electron chi connectivity index (χ2n) is 6.61. The molecule has 0 aliphatic heterocycles. The van der Waals surface area contributed by atoms with E-state index in [1.165, 1.54) is 13.2 Å². The number of nitrogens with one attached hydrogen (secondary N) is 2. The van der Waals surface area contributed by atoms with Crippen LogP contribution in [0.4, 0.5) is 8.78 Å². The summed E-state index contributed by atoms with van der Waals surface area (Å²) in [6.45, 7) is -0.0162. The number of aliphatic imine (C=N–C) groups is 1. The highest BCUT2D eigenvalue weighted by Gasteiger charge is 2.12. The Bertz CT molecular complexity index is 1030. The Balaban J connectivity index is 0.00000341. The minimum Gasteiger partial charge on any atom is -0.497 e. The molecule has 10 heteroatoms. The first-order valence-corrected chi connectivity index (χ1v) is 9.49. The molecule has 168 valence electrons. The molecule has 7 nitrogen and oxygen atoms in total. The van der Waals surface area contributed by atoms with Crippen LogP contribution < -0.4 is 20.1 Å². The van der Waals surface area contributed by atoms with E-state index in [1.807, 2.05) is 35.9 Å². The van der Waals surface area contributed by atoms with Crippen LogP contribution in [0.5, 0.6) is 11.5 Å². The Morgan fingerprint density at radius 1 is 1.26 bits per heavy atom. The predicted molar refractivity (Wildman–Crippen MR) is 127 cm³/mol. The van der Waals surface area contributed by atoms with E-state index in [-0.39, 0.29) is 36.3 Å². The second kappa shape index (κ2) is 11.7. The highest BCUT2D eigenvalue weighted by molar-refractivity contribution is 14.0. The molecule has 2 aromatic heterocycles. The van der Waals surface area contributed by atoms with E-state index in [0.717, 1.165) is 16.9 Å². The van der Waals surface area contributed by atoms with E-state index < -0.39 is 6.61 Å². The maximum Gasteiger partial charge on any atom is 0.387 e. The lowest BCUT2D eigenvalue weighted by molar-refractivity contribution is -0.0504. The third kappa shape index (κ3) is 6.68. The number of halogens is 3. The van der Waals surface area contributed by atoms with E-state index >= 15 is 0 Å². The fourth-order valence-corrected chi connectivity index (χ4v) is 3.07. The number of nitrogens with zero attached hydrogens (tertiary/aromatic N) is 3. The van der Waals surface area contributed by atoms with Gasteiger partial charge in [-0.2, -0.15) is 8.78 Å². The van der Waals surface area contributed by atoms with Crippen molar-refractivity contribution < 1.29 is 18.3 Å². The molecular weight excluding hydrogens is 519 g/mol. The Kier molecular flexibility index (Phi) is 9.28. The Morgan fingerprint density at radius 3 is 2.74 bits per heavy atom. The van der Waals surface area contributed by atoms with Crippen molar-refractivity contribution in [3.8, 4) is 11.5 Å². The van der Waals surface area contributed by atoms with Gasteiger partial charge in [-0.05, 0) is 36.8 Å². The zero-order chi connectivity index (χ0) is 21.5. The summed E-state index contributed by atoms with van der Waals surface area (Å²) in [6.07, 6.45) is 4.69. The number of aryl methyl sites for hydroxylation is 1. The molecule has 31 heavy (non-hydrogen) atoms. The van der Waals surface area contributed by atoms with Crippen LogP contribution in [0.15, 0.2) is 47.7 Å². The molecule has 0 saturated heterocycles. The molecule has 0 aliphatic carbocycles. The highest BCUT2D eigenvalue weighted by Crippen LogP contribution is 2.25. The number of hydrogen-bond acceptors (Lipinski definition) is 4. The molecule has 0 saturated carbocycles. The lowest BCUT2D eigenvalue weighted by atomic mass is 10.2. The van der Waals surface area contributed by atoms with Crippen molar-refractivity contribution in [3.63, 3.8) is 0 Å². The van der Waals surface area contributed by atoms with Crippen LogP contribution in [0.2, 0.25) is 0 Å². The van der Waals surface area contributed by atoms with Gasteiger partial charge in [0.15, 0.2) is 5.96 Å². The molecule has 0 radical (unpaired) electrons. The number of fused-ring (bicyclic) bond motifs is 1. The van der Waals surface area contributed by atoms with Crippen molar-refractivity contribution in [1.29, 1.82) is 0 Å². The van der Waals surface area contributed by atoms with Gasteiger partial charge in [0.25, 0.3) is 0 Å². The molecule has 0 fully saturated rings. The standard InChI is InChI=1S/C21H25F2N5O2.HI/c1-14-5-4-10-28-13-16(27-19(14)28)8-9-25-21(24-2)26-12-15-11-17(29-3)6-7-18(15)30-20(22)23;/h4-7,10-11,13,20H,8-9,12H2,1-3H3,(H2,24,25,26);1H. The molecule has 3 aromatic rings. The van der Waals surface area contributed by atoms with Gasteiger partial charge in [-0.15, -0.1) is 24.0 Å². The molecule has 3 rings (SSSR count). The zero-order valence-corrected chi connectivity index (χ0v) is 19.9. The normalized spacial score (nSPS) is 11.4. The van der Waals surface area contributed by atoms with E-state index in [2.05, 4.69) is 25.3 Å². The summed E-state index contributed by atoms with van der Waals surface area (Å²) in [5.41, 5.74) is 3.56. The van der Waals surface area contributed by atoms with Crippen molar-refractivity contribution in [2.45, 2.75) is 26.5 Å². The first-order chi connectivity index (χ1) is 14.5. The SMILES string of the molecule is CN=C(NCCc1cn2cccc(C)c2n1)NCc1cc(OC)ccc1OC(F)F.I. The minimum absolute atomic E-state index is 0. The van der Waals surface area contributed by atoms with Gasteiger partial charge in [0.05, 0.1) is 12.8 Å². The van der Waals surface area contributed by atoms with Crippen molar-refractivity contribution >= 4 is 35.6 Å². The van der Waals surface area contributed by atoms with Crippen molar-refractivity contribution in [3.05, 3.63) is 59.5 Å². The van der Waals surface area contributed by atoms with Crippen molar-refractivity contribution in [2.75, 3.05) is 20.7 Å². The van der Waals surface area contributed by atoms with Crippen LogP contribution >= 0.6 is 24.0 Å². The lowest BCUT2D eigenvalue weighted by Crippen LogP contribution is -2.38. The summed E-state index contributed by atoms with van der Waals surface area (Å²) in [6, 6.07) is 8.70. The average molecular weight is 545 g/mol. The maximum absolute atomic E-state index is 12.7. The lowest BCUT2D eigenvalue weighted by Gasteiger charge is -2.15. The number of rotatable bonds is 8. The number of hydrogen-bond donors (Lipinski definition) is 2. The Labute approximate surface area is 196 Å². The maximum atomic E-state index is 12.7. The van der Waals surface area contributed by atoms with Gasteiger partial charge in [0, 0.05) is 44.5 Å². The number of alkyl halides is 2. The molecule has 0 aliphatic rings. The van der Waals surface area contributed by atoms with Crippen LogP contribution in [0.1, 0.15) is 16.8 Å². The minimum atomic E-state index is -2.90. The van der Waals surface area contributed by atoms with Crippen LogP contribution in [0.3, 0.4) is 0 Å². The zero-order valence-electron chi connectivity index (χ0n) is 17.6. The fraction of sp³-hybridized carbons (Fsp3) is 0.333. The summed E-state index contributed by atoms with van der Waals surface area (Å²) in [5.74, 6) is 1.19. The molecule has 0 unspecified atom stereocenters. The number of ether oxygens (including phenoxy) is 2. The number of aromatic nitrogens is 2. The first-order valence-electron chi connectivity index (χ1n) is 9.49. The number of pyridine rings is 1. The van der Waals surface area contributed by atoms with Gasteiger partial charge in [0.2, 0.25) is 0 Å². The Morgan fingerprint density at radius 2 is 2.06 bits per heavy atom. The van der Waals surface area contributed by atoms with Crippen LogP contribution in [-0.4, -0.2) is 42.7 Å². The van der Waals surface area contributed by atoms with Gasteiger partial charge < -0.3 is 24.5 Å². The number of benzene rings is 1. The summed E-state index contributed by atoms with van der Waals surface area (Å²) in [7, 11) is 3.16. The molecule has 0 spiro atoms. The summed E-state index contributed by atoms with van der Waals surface area (Å²) < 4.78 is 37.1. The van der Waals surface area contributed by atoms with Crippen molar-refractivity contribution in [2.24, 2.45) is 4.99 Å². The van der Waals surface area contributed by atoms with Crippen LogP contribution in [0.25, 0.3) is 5.65 Å². The van der Waals surface area contributed by atoms with Gasteiger partial charge in [0.1, 0.15) is 17.1 Å². The molecule has 0 amide bonds. The monoisotopic (exact) mass is 545 g/mol. The number of methoxy groups -OCH3 is 1. The van der Waals surface area contributed by atoms with Crippen LogP contribution in [-0.2, 0) is 13.0 Å². The van der Waals surface area contributed by atoms with Gasteiger partial charge in [-0.1, -0.05) is 6.07 Å². The molecule has 0 bridgehead atoms. The van der Waals surface area contributed by atoms with Crippen LogP contribution in [0, 0.1) is 6.92 Å². The van der Waals surface area contributed by atoms with E-state index in [0.29, 0.717) is 30.2 Å². The largest absolute Gasteiger partial charge is 0.497 e. The summed E-state index contributed by atoms with van der Waals surface area (Å²) >= 11 is 0. The summed E-state index contributed by atoms with van der Waals surface area (Å²) in [5, 5.41) is 6.31. The second-order valence-corrected chi connectivity index (χ2v) is 6.61. The smallest absolute Gasteiger partial charge is 0.387 e. The fourth-order valence-electron chi connectivity index (χ4n) is 3.07. The topological polar surface area (TPSA) is 72.2 Å². The summed E-state index contributed by atoms with van der Waals surface area (Å²) in [4.78, 5) is 8.82. The van der Waals surface area contributed by atoms with Gasteiger partial charge in [-0.3, -0.25) is 4.99 Å². The molecule has 0 atom stereocenters. The molecule has 2 N–H and O–H groups in total. The molecule has 1 aromatic carbocycles. The third-order valence-corrected chi connectivity index (χ3v) is 4.55. The molecular formula is C21H26F2IN5O2.